The van der Waals surface area contributed by atoms with E-state index in [0.717, 1.165) is 24.8 Å². The van der Waals surface area contributed by atoms with Gasteiger partial charge in [0.1, 0.15) is 18.4 Å². The Hall–Kier alpha value is -2.15. The van der Waals surface area contributed by atoms with Gasteiger partial charge in [-0.05, 0) is 30.5 Å². The molecular formula is C15H22N2O5. The first-order valence-electron chi connectivity index (χ1n) is 7.36. The minimum atomic E-state index is -0.834. The van der Waals surface area contributed by atoms with Crippen LogP contribution >= 0.6 is 0 Å². The Bertz CT molecular complexity index is 493. The summed E-state index contributed by atoms with van der Waals surface area (Å²) in [5.74, 6) is -0.0793. The van der Waals surface area contributed by atoms with Crippen LogP contribution in [-0.2, 0) is 16.1 Å². The highest BCUT2D eigenvalue weighted by Crippen LogP contribution is 2.15. The highest BCUT2D eigenvalue weighted by molar-refractivity contribution is 5.77. The number of hydrogen-bond donors (Lipinski definition) is 1. The molecule has 1 unspecified atom stereocenters. The summed E-state index contributed by atoms with van der Waals surface area (Å²) in [5, 5.41) is 9.25. The Morgan fingerprint density at radius 3 is 2.86 bits per heavy atom. The zero-order valence-corrected chi connectivity index (χ0v) is 12.7. The monoisotopic (exact) mass is 310 g/mol. The Morgan fingerprint density at radius 2 is 2.18 bits per heavy atom. The van der Waals surface area contributed by atoms with Crippen LogP contribution in [0.1, 0.15) is 38.2 Å². The van der Waals surface area contributed by atoms with Gasteiger partial charge in [-0.25, -0.2) is 4.79 Å². The van der Waals surface area contributed by atoms with Gasteiger partial charge < -0.3 is 15.3 Å². The maximum absolute atomic E-state index is 11.9. The molecule has 122 valence electrons. The number of hydrogen-bond acceptors (Lipinski definition) is 6. The zero-order valence-electron chi connectivity index (χ0n) is 12.7. The number of rotatable bonds is 10. The van der Waals surface area contributed by atoms with Crippen LogP contribution in [-0.4, -0.2) is 23.7 Å². The van der Waals surface area contributed by atoms with Crippen LogP contribution in [0, 0.1) is 10.1 Å². The minimum absolute atomic E-state index is 0.0407. The van der Waals surface area contributed by atoms with E-state index < -0.39 is 17.1 Å². The number of nitrogens with zero attached hydrogens (tertiary/aromatic N) is 1. The molecule has 0 saturated carbocycles. The summed E-state index contributed by atoms with van der Waals surface area (Å²) in [6, 6.07) is 6.16. The van der Waals surface area contributed by atoms with Crippen molar-refractivity contribution in [1.82, 2.24) is 0 Å². The molecule has 1 aromatic carbocycles. The lowest BCUT2D eigenvalue weighted by Crippen LogP contribution is -2.34. The Morgan fingerprint density at radius 1 is 1.41 bits per heavy atom. The normalized spacial score (nSPS) is 11.7. The van der Waals surface area contributed by atoms with E-state index in [-0.39, 0.29) is 6.61 Å². The van der Waals surface area contributed by atoms with E-state index in [1.165, 1.54) is 0 Å². The summed E-state index contributed by atoms with van der Waals surface area (Å²) < 4.78 is 5.24. The summed E-state index contributed by atoms with van der Waals surface area (Å²) in [5.41, 5.74) is 6.57. The Kier molecular flexibility index (Phi) is 7.91. The molecular weight excluding hydrogens is 288 g/mol. The Balaban J connectivity index is 2.47. The molecule has 0 saturated heterocycles. The van der Waals surface area contributed by atoms with E-state index in [4.69, 9.17) is 10.5 Å². The number of carbonyl (C=O) groups excluding carboxylic acids is 1. The average Bonchev–Trinajstić information content (AvgIpc) is 2.47. The van der Waals surface area contributed by atoms with Crippen molar-refractivity contribution in [3.8, 4) is 5.75 Å². The third-order valence-electron chi connectivity index (χ3n) is 3.13. The molecule has 0 spiro atoms. The lowest BCUT2D eigenvalue weighted by molar-refractivity contribution is -0.757. The number of unbranched alkanes of at least 4 members (excludes halogenated alkanes) is 2. The maximum Gasteiger partial charge on any atom is 0.328 e. The third-order valence-corrected chi connectivity index (χ3v) is 3.13. The smallest absolute Gasteiger partial charge is 0.328 e. The predicted octanol–water partition coefficient (Wildman–Crippen LogP) is 2.25. The molecule has 0 aliphatic heterocycles. The first-order valence-corrected chi connectivity index (χ1v) is 7.36. The highest BCUT2D eigenvalue weighted by atomic mass is 16.9. The van der Waals surface area contributed by atoms with E-state index in [1.807, 2.05) is 0 Å². The molecule has 0 fully saturated rings. The van der Waals surface area contributed by atoms with Crippen molar-refractivity contribution in [2.45, 2.75) is 45.1 Å². The van der Waals surface area contributed by atoms with Crippen LogP contribution in [0.3, 0.4) is 0 Å². The molecule has 0 radical (unpaired) electrons. The fourth-order valence-corrected chi connectivity index (χ4v) is 1.93. The molecule has 22 heavy (non-hydrogen) atoms. The molecule has 1 rings (SSSR count). The van der Waals surface area contributed by atoms with Crippen LogP contribution in [0.4, 0.5) is 0 Å². The summed E-state index contributed by atoms with van der Waals surface area (Å²) in [7, 11) is 0. The molecule has 0 amide bonds. The quantitative estimate of drug-likeness (QED) is 0.234. The SMILES string of the molecule is CCCCCC(N)C(=O)Oc1cccc(CCO[N+](=O)[O-])c1. The van der Waals surface area contributed by atoms with E-state index in [0.29, 0.717) is 18.6 Å². The molecule has 0 heterocycles. The first kappa shape index (κ1) is 17.9. The van der Waals surface area contributed by atoms with Crippen molar-refractivity contribution in [3.63, 3.8) is 0 Å². The highest BCUT2D eigenvalue weighted by Gasteiger charge is 2.15. The number of ether oxygens (including phenoxy) is 1. The number of carbonyl (C=O) groups is 1. The second-order valence-corrected chi connectivity index (χ2v) is 4.98. The second-order valence-electron chi connectivity index (χ2n) is 4.98. The molecule has 0 aromatic heterocycles. The third kappa shape index (κ3) is 7.03. The van der Waals surface area contributed by atoms with E-state index in [1.54, 1.807) is 24.3 Å². The van der Waals surface area contributed by atoms with Gasteiger partial charge in [0.15, 0.2) is 0 Å². The molecule has 2 N–H and O–H groups in total. The molecule has 0 aliphatic rings. The first-order chi connectivity index (χ1) is 10.5. The van der Waals surface area contributed by atoms with Crippen molar-refractivity contribution >= 4 is 5.97 Å². The van der Waals surface area contributed by atoms with Crippen LogP contribution in [0.15, 0.2) is 24.3 Å². The molecule has 7 nitrogen and oxygen atoms in total. The number of esters is 1. The lowest BCUT2D eigenvalue weighted by atomic mass is 10.1. The number of nitrogens with two attached hydrogens (primary N) is 1. The van der Waals surface area contributed by atoms with Crippen molar-refractivity contribution < 1.29 is 19.5 Å². The van der Waals surface area contributed by atoms with Gasteiger partial charge in [0.05, 0.1) is 0 Å². The fourth-order valence-electron chi connectivity index (χ4n) is 1.93. The van der Waals surface area contributed by atoms with Crippen LogP contribution in [0.25, 0.3) is 0 Å². The summed E-state index contributed by atoms with van der Waals surface area (Å²) in [4.78, 5) is 26.2. The standard InChI is InChI=1S/C15H22N2O5/c1-2-3-4-8-14(16)15(18)22-13-7-5-6-12(11-13)9-10-21-17(19)20/h5-7,11,14H,2-4,8-10,16H2,1H3. The van der Waals surface area contributed by atoms with Crippen molar-refractivity contribution in [1.29, 1.82) is 0 Å². The van der Waals surface area contributed by atoms with Gasteiger partial charge in [0.2, 0.25) is 0 Å². The summed E-state index contributed by atoms with van der Waals surface area (Å²) in [6.45, 7) is 2.04. The molecule has 7 heteroatoms. The second kappa shape index (κ2) is 9.73. The van der Waals surface area contributed by atoms with Gasteiger partial charge >= 0.3 is 5.97 Å². The van der Waals surface area contributed by atoms with E-state index >= 15 is 0 Å². The fraction of sp³-hybridized carbons (Fsp3) is 0.533. The molecule has 0 bridgehead atoms. The lowest BCUT2D eigenvalue weighted by Gasteiger charge is -2.11. The minimum Gasteiger partial charge on any atom is -0.425 e. The zero-order chi connectivity index (χ0) is 16.4. The van der Waals surface area contributed by atoms with Crippen LogP contribution in [0.5, 0.6) is 5.75 Å². The topological polar surface area (TPSA) is 105 Å². The van der Waals surface area contributed by atoms with Crippen molar-refractivity contribution in [2.24, 2.45) is 5.73 Å². The van der Waals surface area contributed by atoms with Gasteiger partial charge in [-0.1, -0.05) is 38.3 Å². The molecule has 1 aromatic rings. The predicted molar refractivity (Wildman–Crippen MR) is 80.8 cm³/mol. The van der Waals surface area contributed by atoms with Gasteiger partial charge in [-0.15, -0.1) is 10.1 Å². The average molecular weight is 310 g/mol. The van der Waals surface area contributed by atoms with Crippen LogP contribution < -0.4 is 10.5 Å². The largest absolute Gasteiger partial charge is 0.425 e. The van der Waals surface area contributed by atoms with Crippen molar-refractivity contribution in [3.05, 3.63) is 39.9 Å². The van der Waals surface area contributed by atoms with Gasteiger partial charge in [-0.2, -0.15) is 0 Å². The molecule has 1 atom stereocenters. The summed E-state index contributed by atoms with van der Waals surface area (Å²) >= 11 is 0. The Labute approximate surface area is 129 Å². The van der Waals surface area contributed by atoms with Crippen LogP contribution in [0.2, 0.25) is 0 Å². The van der Waals surface area contributed by atoms with Gasteiger partial charge in [0.25, 0.3) is 5.09 Å². The molecule has 0 aliphatic carbocycles. The van der Waals surface area contributed by atoms with Gasteiger partial charge in [0, 0.05) is 0 Å². The van der Waals surface area contributed by atoms with Gasteiger partial charge in [-0.3, -0.25) is 0 Å². The van der Waals surface area contributed by atoms with E-state index in [2.05, 4.69) is 11.8 Å². The number of benzene rings is 1. The van der Waals surface area contributed by atoms with E-state index in [9.17, 15) is 14.9 Å². The summed E-state index contributed by atoms with van der Waals surface area (Å²) in [6.07, 6.45) is 3.95. The van der Waals surface area contributed by atoms with Crippen molar-refractivity contribution in [2.75, 3.05) is 6.61 Å². The maximum atomic E-state index is 11.9.